The van der Waals surface area contributed by atoms with Crippen LogP contribution >= 0.6 is 11.6 Å². The number of benzene rings is 3. The van der Waals surface area contributed by atoms with Crippen LogP contribution < -0.4 is 5.32 Å². The largest absolute Gasteiger partial charge is 0.334 e. The first-order chi connectivity index (χ1) is 16.1. The van der Waals surface area contributed by atoms with Gasteiger partial charge in [-0.25, -0.2) is 4.79 Å². The van der Waals surface area contributed by atoms with Gasteiger partial charge >= 0.3 is 6.03 Å². The second-order valence-corrected chi connectivity index (χ2v) is 8.23. The van der Waals surface area contributed by atoms with E-state index in [-0.39, 0.29) is 6.03 Å². The van der Waals surface area contributed by atoms with Crippen molar-refractivity contribution in [3.63, 3.8) is 0 Å². The fourth-order valence-electron chi connectivity index (χ4n) is 3.95. The Morgan fingerprint density at radius 3 is 2.33 bits per heavy atom. The molecule has 1 N–H and O–H groups in total. The molecule has 3 aromatic carbocycles. The maximum absolute atomic E-state index is 13.2. The zero-order valence-electron chi connectivity index (χ0n) is 17.9. The highest BCUT2D eigenvalue weighted by atomic mass is 35.5. The number of allylic oxidation sites excluding steroid dienone is 1. The highest BCUT2D eigenvalue weighted by molar-refractivity contribution is 6.30. The van der Waals surface area contributed by atoms with E-state index < -0.39 is 6.04 Å². The Hall–Kier alpha value is -3.90. The van der Waals surface area contributed by atoms with Crippen molar-refractivity contribution in [1.29, 1.82) is 0 Å². The summed E-state index contributed by atoms with van der Waals surface area (Å²) in [6, 6.07) is 26.3. The smallest absolute Gasteiger partial charge is 0.322 e. The van der Waals surface area contributed by atoms with Gasteiger partial charge in [0.2, 0.25) is 5.82 Å². The van der Waals surface area contributed by atoms with Crippen molar-refractivity contribution >= 4 is 23.2 Å². The van der Waals surface area contributed by atoms with Crippen LogP contribution in [-0.2, 0) is 6.54 Å². The van der Waals surface area contributed by atoms with Gasteiger partial charge in [-0.2, -0.15) is 4.98 Å². The van der Waals surface area contributed by atoms with Crippen LogP contribution in [0.3, 0.4) is 0 Å². The van der Waals surface area contributed by atoms with Crippen LogP contribution in [0.2, 0.25) is 5.02 Å². The fourth-order valence-corrected chi connectivity index (χ4v) is 4.08. The third kappa shape index (κ3) is 4.25. The molecule has 6 nitrogen and oxygen atoms in total. The number of amides is 2. The standard InChI is InChI=1S/C26H21ClN4O2/c1-17-22(25-29-24(30-33-25)20-10-6-3-7-11-20)23(19-8-4-2-5-9-19)28-26(32)31(17)16-18-12-14-21(27)15-13-18/h2-15,23H,16H2,1H3,(H,28,32). The molecule has 1 aliphatic heterocycles. The number of nitrogens with one attached hydrogen (secondary N) is 1. The van der Waals surface area contributed by atoms with E-state index in [4.69, 9.17) is 16.1 Å². The Bertz CT molecular complexity index is 1300. The average molecular weight is 457 g/mol. The van der Waals surface area contributed by atoms with Crippen LogP contribution in [0, 0.1) is 0 Å². The van der Waals surface area contributed by atoms with Crippen LogP contribution in [0.25, 0.3) is 17.0 Å². The molecule has 2 amide bonds. The van der Waals surface area contributed by atoms with Gasteiger partial charge in [-0.1, -0.05) is 89.6 Å². The molecule has 0 spiro atoms. The Morgan fingerprint density at radius 2 is 1.64 bits per heavy atom. The van der Waals surface area contributed by atoms with Crippen LogP contribution in [0.1, 0.15) is 30.0 Å². The first kappa shape index (κ1) is 21.0. The van der Waals surface area contributed by atoms with E-state index in [1.165, 1.54) is 0 Å². The minimum Gasteiger partial charge on any atom is -0.334 e. The summed E-state index contributed by atoms with van der Waals surface area (Å²) in [5, 5.41) is 7.96. The lowest BCUT2D eigenvalue weighted by molar-refractivity contribution is 0.203. The number of aromatic nitrogens is 2. The number of hydrogen-bond acceptors (Lipinski definition) is 4. The number of carbonyl (C=O) groups is 1. The zero-order valence-corrected chi connectivity index (χ0v) is 18.7. The summed E-state index contributed by atoms with van der Waals surface area (Å²) < 4.78 is 5.72. The zero-order chi connectivity index (χ0) is 22.8. The molecule has 7 heteroatoms. The van der Waals surface area contributed by atoms with Crippen LogP contribution in [0.5, 0.6) is 0 Å². The number of hydrogen-bond donors (Lipinski definition) is 1. The summed E-state index contributed by atoms with van der Waals surface area (Å²) in [5.74, 6) is 0.875. The molecule has 5 rings (SSSR count). The molecular weight excluding hydrogens is 436 g/mol. The number of halogens is 1. The topological polar surface area (TPSA) is 71.3 Å². The minimum absolute atomic E-state index is 0.192. The molecule has 164 valence electrons. The molecule has 0 saturated carbocycles. The van der Waals surface area contributed by atoms with Gasteiger partial charge in [-0.05, 0) is 30.2 Å². The molecule has 0 saturated heterocycles. The molecular formula is C26H21ClN4O2. The molecule has 0 fully saturated rings. The van der Waals surface area contributed by atoms with Gasteiger partial charge in [-0.15, -0.1) is 0 Å². The molecule has 1 aliphatic rings. The highest BCUT2D eigenvalue weighted by Gasteiger charge is 2.35. The molecule has 1 unspecified atom stereocenters. The van der Waals surface area contributed by atoms with E-state index in [2.05, 4.69) is 15.5 Å². The van der Waals surface area contributed by atoms with E-state index in [1.807, 2.05) is 91.9 Å². The maximum Gasteiger partial charge on any atom is 0.322 e. The van der Waals surface area contributed by atoms with Crippen molar-refractivity contribution in [2.45, 2.75) is 19.5 Å². The van der Waals surface area contributed by atoms with Crippen molar-refractivity contribution in [2.75, 3.05) is 0 Å². The molecule has 0 radical (unpaired) electrons. The van der Waals surface area contributed by atoms with Crippen molar-refractivity contribution in [3.8, 4) is 11.4 Å². The summed E-state index contributed by atoms with van der Waals surface area (Å²) in [4.78, 5) is 19.5. The first-order valence-corrected chi connectivity index (χ1v) is 11.0. The van der Waals surface area contributed by atoms with Crippen molar-refractivity contribution in [2.24, 2.45) is 0 Å². The lowest BCUT2D eigenvalue weighted by Gasteiger charge is -2.35. The van der Waals surface area contributed by atoms with E-state index in [0.717, 1.165) is 28.0 Å². The molecule has 0 aliphatic carbocycles. The molecule has 4 aromatic rings. The molecule has 33 heavy (non-hydrogen) atoms. The monoisotopic (exact) mass is 456 g/mol. The second-order valence-electron chi connectivity index (χ2n) is 7.79. The van der Waals surface area contributed by atoms with Gasteiger partial charge in [0.1, 0.15) is 0 Å². The summed E-state index contributed by atoms with van der Waals surface area (Å²) in [6.45, 7) is 2.30. The van der Waals surface area contributed by atoms with Crippen molar-refractivity contribution in [3.05, 3.63) is 113 Å². The summed E-state index contributed by atoms with van der Waals surface area (Å²) >= 11 is 6.02. The van der Waals surface area contributed by atoms with Crippen LogP contribution in [-0.4, -0.2) is 21.1 Å². The van der Waals surface area contributed by atoms with Gasteiger partial charge in [0.25, 0.3) is 5.89 Å². The summed E-state index contributed by atoms with van der Waals surface area (Å²) in [5.41, 5.74) is 4.28. The lowest BCUT2D eigenvalue weighted by Crippen LogP contribution is -2.45. The van der Waals surface area contributed by atoms with Gasteiger partial charge in [0, 0.05) is 16.3 Å². The lowest BCUT2D eigenvalue weighted by atomic mass is 9.94. The molecule has 0 bridgehead atoms. The molecule has 1 atom stereocenters. The molecule has 2 heterocycles. The Kier molecular flexibility index (Phi) is 5.67. The summed E-state index contributed by atoms with van der Waals surface area (Å²) in [6.07, 6.45) is 0. The summed E-state index contributed by atoms with van der Waals surface area (Å²) in [7, 11) is 0. The van der Waals surface area contributed by atoms with Crippen molar-refractivity contribution < 1.29 is 9.32 Å². The highest BCUT2D eigenvalue weighted by Crippen LogP contribution is 2.37. The maximum atomic E-state index is 13.2. The SMILES string of the molecule is CC1=C(c2nc(-c3ccccc3)no2)C(c2ccccc2)NC(=O)N1Cc1ccc(Cl)cc1. The van der Waals surface area contributed by atoms with E-state index >= 15 is 0 Å². The number of urea groups is 1. The van der Waals surface area contributed by atoms with E-state index in [0.29, 0.717) is 23.3 Å². The third-order valence-electron chi connectivity index (χ3n) is 5.67. The number of rotatable bonds is 5. The second kappa shape index (κ2) is 8.92. The van der Waals surface area contributed by atoms with Gasteiger partial charge in [-0.3, -0.25) is 4.90 Å². The predicted octanol–water partition coefficient (Wildman–Crippen LogP) is 6.09. The van der Waals surface area contributed by atoms with Crippen molar-refractivity contribution in [1.82, 2.24) is 20.4 Å². The minimum atomic E-state index is -0.413. The fraction of sp³-hybridized carbons (Fsp3) is 0.115. The Balaban J connectivity index is 1.59. The van der Waals surface area contributed by atoms with Gasteiger partial charge < -0.3 is 9.84 Å². The average Bonchev–Trinajstić information content (AvgIpc) is 3.33. The number of carbonyl (C=O) groups excluding carboxylic acids is 1. The normalized spacial score (nSPS) is 16.1. The number of nitrogens with zero attached hydrogens (tertiary/aromatic N) is 3. The molecule has 1 aromatic heterocycles. The van der Waals surface area contributed by atoms with Crippen LogP contribution in [0.15, 0.2) is 95.1 Å². The Labute approximate surface area is 196 Å². The van der Waals surface area contributed by atoms with Gasteiger partial charge in [0.15, 0.2) is 0 Å². The Morgan fingerprint density at radius 1 is 0.970 bits per heavy atom. The predicted molar refractivity (Wildman–Crippen MR) is 127 cm³/mol. The first-order valence-electron chi connectivity index (χ1n) is 10.6. The third-order valence-corrected chi connectivity index (χ3v) is 5.92. The van der Waals surface area contributed by atoms with Gasteiger partial charge in [0.05, 0.1) is 18.2 Å². The van der Waals surface area contributed by atoms with E-state index in [9.17, 15) is 4.79 Å². The quantitative estimate of drug-likeness (QED) is 0.394. The van der Waals surface area contributed by atoms with Crippen LogP contribution in [0.4, 0.5) is 4.79 Å². The van der Waals surface area contributed by atoms with E-state index in [1.54, 1.807) is 4.90 Å².